The molecule has 0 unspecified atom stereocenters. The summed E-state index contributed by atoms with van der Waals surface area (Å²) >= 11 is 0. The summed E-state index contributed by atoms with van der Waals surface area (Å²) in [6, 6.07) is 6.72. The topological polar surface area (TPSA) is 46.3 Å². The summed E-state index contributed by atoms with van der Waals surface area (Å²) in [4.78, 5) is 13.6. The van der Waals surface area contributed by atoms with Gasteiger partial charge in [0.25, 0.3) is 0 Å². The summed E-state index contributed by atoms with van der Waals surface area (Å²) in [7, 11) is 0. The SMILES string of the molecule is CCc1ccc2c(c1)CN(/C(C)=C(\N)C(C)=O)CC2. The fourth-order valence-corrected chi connectivity index (χ4v) is 2.54. The van der Waals surface area contributed by atoms with Crippen LogP contribution in [-0.2, 0) is 24.2 Å². The quantitative estimate of drug-likeness (QED) is 0.847. The number of carbonyl (C=O) groups excluding carboxylic acids is 1. The monoisotopic (exact) mass is 258 g/mol. The third-order valence-electron chi connectivity index (χ3n) is 3.93. The molecule has 1 heterocycles. The number of nitrogens with zero attached hydrogens (tertiary/aromatic N) is 1. The molecule has 0 radical (unpaired) electrons. The number of hydrogen-bond acceptors (Lipinski definition) is 3. The van der Waals surface area contributed by atoms with Crippen LogP contribution in [-0.4, -0.2) is 17.2 Å². The number of rotatable bonds is 3. The number of nitrogens with two attached hydrogens (primary N) is 1. The van der Waals surface area contributed by atoms with Gasteiger partial charge < -0.3 is 10.6 Å². The van der Waals surface area contributed by atoms with Crippen LogP contribution >= 0.6 is 0 Å². The first-order chi connectivity index (χ1) is 9.02. The summed E-state index contributed by atoms with van der Waals surface area (Å²) in [6.07, 6.45) is 2.07. The molecular weight excluding hydrogens is 236 g/mol. The average Bonchev–Trinajstić information content (AvgIpc) is 2.44. The Kier molecular flexibility index (Phi) is 3.93. The lowest BCUT2D eigenvalue weighted by molar-refractivity contribution is -0.113. The van der Waals surface area contributed by atoms with E-state index in [9.17, 15) is 4.79 Å². The van der Waals surface area contributed by atoms with Crippen molar-refractivity contribution >= 4 is 5.78 Å². The van der Waals surface area contributed by atoms with Crippen LogP contribution in [0.3, 0.4) is 0 Å². The Morgan fingerprint density at radius 2 is 2.05 bits per heavy atom. The molecular formula is C16H22N2O. The predicted octanol–water partition coefficient (Wildman–Crippen LogP) is 2.39. The number of benzene rings is 1. The molecule has 19 heavy (non-hydrogen) atoms. The van der Waals surface area contributed by atoms with Crippen LogP contribution in [0.5, 0.6) is 0 Å². The van der Waals surface area contributed by atoms with Gasteiger partial charge in [-0.1, -0.05) is 25.1 Å². The van der Waals surface area contributed by atoms with Crippen molar-refractivity contribution in [2.45, 2.75) is 40.2 Å². The molecule has 2 rings (SSSR count). The Balaban J connectivity index is 2.26. The Bertz CT molecular complexity index is 532. The van der Waals surface area contributed by atoms with E-state index in [0.717, 1.165) is 31.6 Å². The third kappa shape index (κ3) is 2.80. The molecule has 0 saturated carbocycles. The number of allylic oxidation sites excluding steroid dienone is 2. The van der Waals surface area contributed by atoms with Crippen LogP contribution in [0.25, 0.3) is 0 Å². The Labute approximate surface area is 115 Å². The molecule has 1 aromatic carbocycles. The molecule has 3 nitrogen and oxygen atoms in total. The number of ketones is 1. The molecule has 0 bridgehead atoms. The minimum absolute atomic E-state index is 0.0504. The fraction of sp³-hybridized carbons (Fsp3) is 0.438. The zero-order valence-electron chi connectivity index (χ0n) is 12.0. The molecule has 1 aromatic rings. The maximum absolute atomic E-state index is 11.4. The highest BCUT2D eigenvalue weighted by atomic mass is 16.1. The van der Waals surface area contributed by atoms with Gasteiger partial charge in [0.05, 0.1) is 5.70 Å². The molecule has 0 spiro atoms. The van der Waals surface area contributed by atoms with Gasteiger partial charge >= 0.3 is 0 Å². The van der Waals surface area contributed by atoms with Gasteiger partial charge in [-0.15, -0.1) is 0 Å². The molecule has 102 valence electrons. The Hall–Kier alpha value is -1.77. The maximum Gasteiger partial charge on any atom is 0.177 e. The van der Waals surface area contributed by atoms with Crippen LogP contribution in [0.1, 0.15) is 37.5 Å². The van der Waals surface area contributed by atoms with Gasteiger partial charge in [-0.3, -0.25) is 4.79 Å². The summed E-state index contributed by atoms with van der Waals surface area (Å²) in [5.41, 5.74) is 11.3. The number of carbonyl (C=O) groups is 1. The molecule has 1 aliphatic heterocycles. The van der Waals surface area contributed by atoms with Gasteiger partial charge in [0.2, 0.25) is 0 Å². The van der Waals surface area contributed by atoms with Gasteiger partial charge in [-0.25, -0.2) is 0 Å². The molecule has 2 N–H and O–H groups in total. The van der Waals surface area contributed by atoms with Gasteiger partial charge in [0, 0.05) is 25.7 Å². The van der Waals surface area contributed by atoms with Crippen molar-refractivity contribution in [1.82, 2.24) is 4.90 Å². The van der Waals surface area contributed by atoms with E-state index < -0.39 is 0 Å². The van der Waals surface area contributed by atoms with Crippen LogP contribution in [0, 0.1) is 0 Å². The molecule has 0 atom stereocenters. The first-order valence-electron chi connectivity index (χ1n) is 6.85. The molecule has 0 aliphatic carbocycles. The molecule has 0 amide bonds. The maximum atomic E-state index is 11.4. The zero-order chi connectivity index (χ0) is 14.0. The van der Waals surface area contributed by atoms with Gasteiger partial charge in [0.1, 0.15) is 0 Å². The molecule has 0 fully saturated rings. The molecule has 0 saturated heterocycles. The lowest BCUT2D eigenvalue weighted by Crippen LogP contribution is -2.31. The summed E-state index contributed by atoms with van der Waals surface area (Å²) in [6.45, 7) is 7.40. The van der Waals surface area contributed by atoms with Crippen LogP contribution in [0.4, 0.5) is 0 Å². The minimum atomic E-state index is -0.0504. The van der Waals surface area contributed by atoms with Crippen LogP contribution in [0.2, 0.25) is 0 Å². The highest BCUT2D eigenvalue weighted by Crippen LogP contribution is 2.23. The third-order valence-corrected chi connectivity index (χ3v) is 3.93. The molecule has 1 aliphatic rings. The Morgan fingerprint density at radius 3 is 2.68 bits per heavy atom. The van der Waals surface area contributed by atoms with Crippen molar-refractivity contribution in [2.75, 3.05) is 6.54 Å². The lowest BCUT2D eigenvalue weighted by Gasteiger charge is -2.32. The van der Waals surface area contributed by atoms with E-state index in [1.807, 2.05) is 6.92 Å². The number of aryl methyl sites for hydroxylation is 1. The van der Waals surface area contributed by atoms with Gasteiger partial charge in [-0.2, -0.15) is 0 Å². The van der Waals surface area contributed by atoms with Crippen LogP contribution < -0.4 is 5.73 Å². The lowest BCUT2D eigenvalue weighted by atomic mass is 9.96. The highest BCUT2D eigenvalue weighted by molar-refractivity contribution is 5.92. The second-order valence-electron chi connectivity index (χ2n) is 5.18. The zero-order valence-corrected chi connectivity index (χ0v) is 12.0. The van der Waals surface area contributed by atoms with Crippen molar-refractivity contribution in [2.24, 2.45) is 5.73 Å². The van der Waals surface area contributed by atoms with Crippen molar-refractivity contribution < 1.29 is 4.79 Å². The van der Waals surface area contributed by atoms with Crippen LogP contribution in [0.15, 0.2) is 29.6 Å². The standard InChI is InChI=1S/C16H22N2O/c1-4-13-5-6-14-7-8-18(10-15(14)9-13)11(2)16(17)12(3)19/h5-6,9H,4,7-8,10,17H2,1-3H3/b16-11-. The van der Waals surface area contributed by atoms with Crippen molar-refractivity contribution in [1.29, 1.82) is 0 Å². The summed E-state index contributed by atoms with van der Waals surface area (Å²) in [5, 5.41) is 0. The largest absolute Gasteiger partial charge is 0.394 e. The van der Waals surface area contributed by atoms with Crippen molar-refractivity contribution in [3.63, 3.8) is 0 Å². The average molecular weight is 258 g/mol. The summed E-state index contributed by atoms with van der Waals surface area (Å²) < 4.78 is 0. The van der Waals surface area contributed by atoms with Gasteiger partial charge in [0.15, 0.2) is 5.78 Å². The van der Waals surface area contributed by atoms with E-state index in [0.29, 0.717) is 5.70 Å². The number of Topliss-reactive ketones (excluding diaryl/α,β-unsaturated/α-hetero) is 1. The van der Waals surface area contributed by atoms with E-state index in [1.54, 1.807) is 0 Å². The normalized spacial score (nSPS) is 15.8. The van der Waals surface area contributed by atoms with E-state index in [2.05, 4.69) is 30.0 Å². The smallest absolute Gasteiger partial charge is 0.177 e. The molecule has 3 heteroatoms. The predicted molar refractivity (Wildman–Crippen MR) is 77.5 cm³/mol. The highest BCUT2D eigenvalue weighted by Gasteiger charge is 2.18. The fourth-order valence-electron chi connectivity index (χ4n) is 2.54. The Morgan fingerprint density at radius 1 is 1.32 bits per heavy atom. The second kappa shape index (κ2) is 5.47. The van der Waals surface area contributed by atoms with Crippen molar-refractivity contribution in [3.8, 4) is 0 Å². The molecule has 0 aromatic heterocycles. The minimum Gasteiger partial charge on any atom is -0.394 e. The van der Waals surface area contributed by atoms with Crippen molar-refractivity contribution in [3.05, 3.63) is 46.3 Å². The van der Waals surface area contributed by atoms with E-state index in [1.165, 1.54) is 23.6 Å². The van der Waals surface area contributed by atoms with E-state index in [-0.39, 0.29) is 5.78 Å². The number of fused-ring (bicyclic) bond motifs is 1. The first-order valence-corrected chi connectivity index (χ1v) is 6.85. The summed E-state index contributed by atoms with van der Waals surface area (Å²) in [5.74, 6) is -0.0504. The van der Waals surface area contributed by atoms with E-state index >= 15 is 0 Å². The van der Waals surface area contributed by atoms with E-state index in [4.69, 9.17) is 5.73 Å². The van der Waals surface area contributed by atoms with Gasteiger partial charge in [-0.05, 0) is 36.5 Å². The second-order valence-corrected chi connectivity index (χ2v) is 5.18. The number of hydrogen-bond donors (Lipinski definition) is 1. The first kappa shape index (κ1) is 13.7.